The van der Waals surface area contributed by atoms with Crippen molar-refractivity contribution in [3.63, 3.8) is 0 Å². The normalized spacial score (nSPS) is 12.6. The molecule has 0 spiro atoms. The lowest BCUT2D eigenvalue weighted by Crippen LogP contribution is -2.26. The van der Waals surface area contributed by atoms with E-state index in [9.17, 15) is 4.79 Å². The number of carbonyl (C=O) groups is 1. The fourth-order valence-corrected chi connectivity index (χ4v) is 2.46. The Labute approximate surface area is 130 Å². The number of rotatable bonds is 7. The zero-order valence-corrected chi connectivity index (χ0v) is 13.7. The van der Waals surface area contributed by atoms with E-state index in [1.807, 2.05) is 24.6 Å². The van der Waals surface area contributed by atoms with Gasteiger partial charge in [-0.3, -0.25) is 9.48 Å². The van der Waals surface area contributed by atoms with Gasteiger partial charge in [-0.1, -0.05) is 20.8 Å². The molecule has 1 amide bonds. The number of amides is 1. The Kier molecular flexibility index (Phi) is 5.30. The van der Waals surface area contributed by atoms with Crippen molar-refractivity contribution in [2.24, 2.45) is 5.92 Å². The lowest BCUT2D eigenvalue weighted by Gasteiger charge is -2.18. The molecule has 0 fully saturated rings. The summed E-state index contributed by atoms with van der Waals surface area (Å²) in [6.45, 7) is 8.58. The second-order valence-electron chi connectivity index (χ2n) is 5.59. The Balaban J connectivity index is 2.07. The van der Waals surface area contributed by atoms with Gasteiger partial charge in [-0.25, -0.2) is 9.67 Å². The van der Waals surface area contributed by atoms with Crippen LogP contribution in [-0.2, 0) is 11.3 Å². The molecule has 0 saturated heterocycles. The Morgan fingerprint density at radius 3 is 2.68 bits per heavy atom. The lowest BCUT2D eigenvalue weighted by molar-refractivity contribution is -0.119. The monoisotopic (exact) mass is 304 g/mol. The molecule has 1 unspecified atom stereocenters. The second-order valence-corrected chi connectivity index (χ2v) is 5.59. The lowest BCUT2D eigenvalue weighted by atomic mass is 10.1. The van der Waals surface area contributed by atoms with E-state index in [1.54, 1.807) is 11.0 Å². The SMILES string of the molecule is CCC(CC)n1nc(C)cc1NC(=O)C(C)Cn1cncn1. The van der Waals surface area contributed by atoms with E-state index in [1.165, 1.54) is 6.33 Å². The highest BCUT2D eigenvalue weighted by atomic mass is 16.2. The van der Waals surface area contributed by atoms with Crippen molar-refractivity contribution in [2.75, 3.05) is 5.32 Å². The molecular formula is C15H24N6O. The molecular weight excluding hydrogens is 280 g/mol. The van der Waals surface area contributed by atoms with Crippen LogP contribution in [-0.4, -0.2) is 30.5 Å². The Morgan fingerprint density at radius 1 is 1.36 bits per heavy atom. The molecule has 0 aliphatic rings. The first kappa shape index (κ1) is 16.2. The number of aromatic nitrogens is 5. The van der Waals surface area contributed by atoms with Gasteiger partial charge in [-0.05, 0) is 19.8 Å². The predicted octanol–water partition coefficient (Wildman–Crippen LogP) is 2.42. The number of aryl methyl sites for hydroxylation is 1. The third-order valence-corrected chi connectivity index (χ3v) is 3.77. The van der Waals surface area contributed by atoms with Gasteiger partial charge in [0.25, 0.3) is 0 Å². The maximum Gasteiger partial charge on any atom is 0.230 e. The van der Waals surface area contributed by atoms with Crippen LogP contribution in [0.25, 0.3) is 0 Å². The number of anilines is 1. The summed E-state index contributed by atoms with van der Waals surface area (Å²) in [6, 6.07) is 2.22. The molecule has 1 N–H and O–H groups in total. The van der Waals surface area contributed by atoms with E-state index >= 15 is 0 Å². The summed E-state index contributed by atoms with van der Waals surface area (Å²) in [5.74, 6) is 0.524. The van der Waals surface area contributed by atoms with Gasteiger partial charge in [-0.2, -0.15) is 10.2 Å². The maximum absolute atomic E-state index is 12.4. The van der Waals surface area contributed by atoms with Gasteiger partial charge in [0.15, 0.2) is 0 Å². The summed E-state index contributed by atoms with van der Waals surface area (Å²) in [7, 11) is 0. The largest absolute Gasteiger partial charge is 0.311 e. The molecule has 7 heteroatoms. The number of nitrogens with one attached hydrogen (secondary N) is 1. The maximum atomic E-state index is 12.4. The number of nitrogens with zero attached hydrogens (tertiary/aromatic N) is 5. The molecule has 2 aromatic rings. The summed E-state index contributed by atoms with van der Waals surface area (Å²) in [5, 5.41) is 11.5. The molecule has 120 valence electrons. The van der Waals surface area contributed by atoms with Crippen LogP contribution in [0, 0.1) is 12.8 Å². The zero-order valence-electron chi connectivity index (χ0n) is 13.7. The van der Waals surface area contributed by atoms with Gasteiger partial charge in [-0.15, -0.1) is 0 Å². The quantitative estimate of drug-likeness (QED) is 0.852. The van der Waals surface area contributed by atoms with Gasteiger partial charge in [0.1, 0.15) is 18.5 Å². The first-order valence-corrected chi connectivity index (χ1v) is 7.74. The highest BCUT2D eigenvalue weighted by Crippen LogP contribution is 2.22. The Morgan fingerprint density at radius 2 is 2.09 bits per heavy atom. The topological polar surface area (TPSA) is 77.6 Å². The zero-order chi connectivity index (χ0) is 16.1. The minimum atomic E-state index is -0.202. The van der Waals surface area contributed by atoms with Crippen LogP contribution in [0.4, 0.5) is 5.82 Å². The molecule has 2 heterocycles. The van der Waals surface area contributed by atoms with Gasteiger partial charge in [0, 0.05) is 6.07 Å². The molecule has 2 rings (SSSR count). The highest BCUT2D eigenvalue weighted by Gasteiger charge is 2.19. The summed E-state index contributed by atoms with van der Waals surface area (Å²) < 4.78 is 3.59. The van der Waals surface area contributed by atoms with Crippen molar-refractivity contribution in [3.05, 3.63) is 24.4 Å². The molecule has 0 aromatic carbocycles. The molecule has 1 atom stereocenters. The van der Waals surface area contributed by atoms with Crippen LogP contribution in [0.3, 0.4) is 0 Å². The van der Waals surface area contributed by atoms with Crippen molar-refractivity contribution in [2.45, 2.75) is 53.1 Å². The number of hydrogen-bond acceptors (Lipinski definition) is 4. The van der Waals surface area contributed by atoms with E-state index in [2.05, 4.69) is 34.3 Å². The van der Waals surface area contributed by atoms with Crippen LogP contribution in [0.2, 0.25) is 0 Å². The van der Waals surface area contributed by atoms with E-state index in [-0.39, 0.29) is 11.8 Å². The Bertz CT molecular complexity index is 600. The summed E-state index contributed by atoms with van der Waals surface area (Å²) in [6.07, 6.45) is 5.04. The molecule has 2 aromatic heterocycles. The Hall–Kier alpha value is -2.18. The third-order valence-electron chi connectivity index (χ3n) is 3.77. The average Bonchev–Trinajstić information content (AvgIpc) is 3.11. The second kappa shape index (κ2) is 7.20. The van der Waals surface area contributed by atoms with Crippen molar-refractivity contribution in [1.29, 1.82) is 0 Å². The molecule has 0 radical (unpaired) electrons. The molecule has 0 saturated carbocycles. The van der Waals surface area contributed by atoms with E-state index in [0.717, 1.165) is 24.4 Å². The standard InChI is InChI=1S/C15H24N6O/c1-5-13(6-2)21-14(7-12(4)19-21)18-15(22)11(3)8-20-10-16-9-17-20/h7,9-11,13H,5-6,8H2,1-4H3,(H,18,22). The first-order chi connectivity index (χ1) is 10.5. The highest BCUT2D eigenvalue weighted by molar-refractivity contribution is 5.91. The first-order valence-electron chi connectivity index (χ1n) is 7.74. The molecule has 0 bridgehead atoms. The average molecular weight is 304 g/mol. The van der Waals surface area contributed by atoms with Gasteiger partial charge in [0.05, 0.1) is 24.2 Å². The van der Waals surface area contributed by atoms with Crippen LogP contribution in [0.1, 0.15) is 45.3 Å². The van der Waals surface area contributed by atoms with Gasteiger partial charge in [0.2, 0.25) is 5.91 Å². The van der Waals surface area contributed by atoms with Crippen LogP contribution in [0.5, 0.6) is 0 Å². The fraction of sp³-hybridized carbons (Fsp3) is 0.600. The van der Waals surface area contributed by atoms with Crippen LogP contribution < -0.4 is 5.32 Å². The van der Waals surface area contributed by atoms with E-state index in [0.29, 0.717) is 12.6 Å². The van der Waals surface area contributed by atoms with Crippen molar-refractivity contribution >= 4 is 11.7 Å². The van der Waals surface area contributed by atoms with Gasteiger partial charge < -0.3 is 5.32 Å². The smallest absolute Gasteiger partial charge is 0.230 e. The van der Waals surface area contributed by atoms with Crippen molar-refractivity contribution < 1.29 is 4.79 Å². The number of hydrogen-bond donors (Lipinski definition) is 1. The van der Waals surface area contributed by atoms with Crippen LogP contribution in [0.15, 0.2) is 18.7 Å². The molecule has 0 aliphatic carbocycles. The molecule has 7 nitrogen and oxygen atoms in total. The summed E-state index contributed by atoms with van der Waals surface area (Å²) in [4.78, 5) is 16.3. The number of carbonyl (C=O) groups excluding carboxylic acids is 1. The van der Waals surface area contributed by atoms with E-state index in [4.69, 9.17) is 0 Å². The molecule has 0 aliphatic heterocycles. The minimum absolute atomic E-state index is 0.0393. The fourth-order valence-electron chi connectivity index (χ4n) is 2.46. The third kappa shape index (κ3) is 3.72. The van der Waals surface area contributed by atoms with Crippen molar-refractivity contribution in [1.82, 2.24) is 24.5 Å². The summed E-state index contributed by atoms with van der Waals surface area (Å²) >= 11 is 0. The summed E-state index contributed by atoms with van der Waals surface area (Å²) in [5.41, 5.74) is 0.908. The predicted molar refractivity (Wildman–Crippen MR) is 84.4 cm³/mol. The molecule has 22 heavy (non-hydrogen) atoms. The van der Waals surface area contributed by atoms with Crippen molar-refractivity contribution in [3.8, 4) is 0 Å². The van der Waals surface area contributed by atoms with E-state index < -0.39 is 0 Å². The van der Waals surface area contributed by atoms with Crippen LogP contribution >= 0.6 is 0 Å². The van der Waals surface area contributed by atoms with Gasteiger partial charge >= 0.3 is 0 Å². The minimum Gasteiger partial charge on any atom is -0.311 e.